The molecule has 82 valence electrons. The molecule has 0 spiro atoms. The molecule has 0 aromatic heterocycles. The number of hydrogen-bond donors (Lipinski definition) is 0. The van der Waals surface area contributed by atoms with Crippen LogP contribution in [0.4, 0.5) is 0 Å². The molecule has 0 radical (unpaired) electrons. The maximum atomic E-state index is 5.68. The van der Waals surface area contributed by atoms with Crippen molar-refractivity contribution in [1.82, 2.24) is 0 Å². The van der Waals surface area contributed by atoms with Crippen LogP contribution in [0.1, 0.15) is 24.8 Å². The molecule has 0 unspecified atom stereocenters. The second kappa shape index (κ2) is 5.17. The van der Waals surface area contributed by atoms with Crippen LogP contribution in [0, 0.1) is 0 Å². The Labute approximate surface area is 91.2 Å². The molecule has 1 aliphatic rings. The van der Waals surface area contributed by atoms with Crippen molar-refractivity contribution >= 4 is 0 Å². The Morgan fingerprint density at radius 3 is 2.53 bits per heavy atom. The van der Waals surface area contributed by atoms with Gasteiger partial charge < -0.3 is 9.47 Å². The first-order valence-corrected chi connectivity index (χ1v) is 5.63. The van der Waals surface area contributed by atoms with E-state index in [1.54, 1.807) is 7.11 Å². The van der Waals surface area contributed by atoms with Gasteiger partial charge in [-0.3, -0.25) is 0 Å². The molecule has 0 saturated heterocycles. The van der Waals surface area contributed by atoms with Gasteiger partial charge in [0.05, 0.1) is 6.10 Å². The molecule has 0 amide bonds. The molecular formula is C13H18O2. The third-order valence-electron chi connectivity index (χ3n) is 2.56. The van der Waals surface area contributed by atoms with E-state index < -0.39 is 0 Å². The molecule has 2 rings (SSSR count). The van der Waals surface area contributed by atoms with Gasteiger partial charge in [-0.25, -0.2) is 0 Å². The molecule has 0 aliphatic heterocycles. The smallest absolute Gasteiger partial charge is 0.119 e. The maximum Gasteiger partial charge on any atom is 0.119 e. The van der Waals surface area contributed by atoms with Crippen molar-refractivity contribution in [3.63, 3.8) is 0 Å². The lowest BCUT2D eigenvalue weighted by molar-refractivity contribution is 0.195. The zero-order valence-corrected chi connectivity index (χ0v) is 9.24. The fourth-order valence-electron chi connectivity index (χ4n) is 1.53. The first-order valence-electron chi connectivity index (χ1n) is 5.63. The van der Waals surface area contributed by atoms with Crippen LogP contribution in [0.25, 0.3) is 0 Å². The van der Waals surface area contributed by atoms with Gasteiger partial charge in [0.25, 0.3) is 0 Å². The number of hydrogen-bond acceptors (Lipinski definition) is 2. The number of rotatable bonds is 6. The molecule has 1 aromatic carbocycles. The normalized spacial score (nSPS) is 15.3. The van der Waals surface area contributed by atoms with Gasteiger partial charge in [0.15, 0.2) is 0 Å². The van der Waals surface area contributed by atoms with Gasteiger partial charge in [-0.1, -0.05) is 12.1 Å². The van der Waals surface area contributed by atoms with E-state index in [9.17, 15) is 0 Å². The van der Waals surface area contributed by atoms with E-state index >= 15 is 0 Å². The van der Waals surface area contributed by atoms with Gasteiger partial charge in [-0.2, -0.15) is 0 Å². The van der Waals surface area contributed by atoms with Crippen molar-refractivity contribution in [2.24, 2.45) is 0 Å². The molecule has 1 aromatic rings. The van der Waals surface area contributed by atoms with Crippen molar-refractivity contribution in [2.45, 2.75) is 31.8 Å². The Morgan fingerprint density at radius 2 is 1.93 bits per heavy atom. The highest BCUT2D eigenvalue weighted by Crippen LogP contribution is 2.26. The Hall–Kier alpha value is -1.02. The standard InChI is InChI=1S/C13H18O2/c1-14-10-2-3-11-4-6-12(7-5-11)15-13-8-9-13/h4-7,13H,2-3,8-10H2,1H3. The van der Waals surface area contributed by atoms with E-state index in [4.69, 9.17) is 9.47 Å². The topological polar surface area (TPSA) is 18.5 Å². The molecule has 0 N–H and O–H groups in total. The quantitative estimate of drug-likeness (QED) is 0.666. The second-order valence-corrected chi connectivity index (χ2v) is 4.06. The zero-order chi connectivity index (χ0) is 10.5. The van der Waals surface area contributed by atoms with Gasteiger partial charge in [0.1, 0.15) is 5.75 Å². The van der Waals surface area contributed by atoms with E-state index in [-0.39, 0.29) is 0 Å². The summed E-state index contributed by atoms with van der Waals surface area (Å²) in [7, 11) is 1.74. The minimum absolute atomic E-state index is 0.490. The Bertz CT molecular complexity index is 288. The highest BCUT2D eigenvalue weighted by atomic mass is 16.5. The Kier molecular flexibility index (Phi) is 3.62. The summed E-state index contributed by atoms with van der Waals surface area (Å²) in [6.07, 6.45) is 5.09. The SMILES string of the molecule is COCCCc1ccc(OC2CC2)cc1. The van der Waals surface area contributed by atoms with Crippen LogP contribution in [0.2, 0.25) is 0 Å². The summed E-state index contributed by atoms with van der Waals surface area (Å²) in [6, 6.07) is 8.43. The van der Waals surface area contributed by atoms with Crippen molar-refractivity contribution in [2.75, 3.05) is 13.7 Å². The minimum atomic E-state index is 0.490. The zero-order valence-electron chi connectivity index (χ0n) is 9.24. The first-order chi connectivity index (χ1) is 7.38. The van der Waals surface area contributed by atoms with E-state index in [0.717, 1.165) is 25.2 Å². The van der Waals surface area contributed by atoms with Crippen LogP contribution in [0.3, 0.4) is 0 Å². The van der Waals surface area contributed by atoms with Crippen molar-refractivity contribution < 1.29 is 9.47 Å². The van der Waals surface area contributed by atoms with Crippen molar-refractivity contribution in [3.05, 3.63) is 29.8 Å². The summed E-state index contributed by atoms with van der Waals surface area (Å²) in [5.41, 5.74) is 1.36. The summed E-state index contributed by atoms with van der Waals surface area (Å²) in [6.45, 7) is 0.834. The summed E-state index contributed by atoms with van der Waals surface area (Å²) < 4.78 is 10.7. The van der Waals surface area contributed by atoms with Gasteiger partial charge in [0.2, 0.25) is 0 Å². The minimum Gasteiger partial charge on any atom is -0.490 e. The molecule has 0 heterocycles. The molecule has 1 saturated carbocycles. The summed E-state index contributed by atoms with van der Waals surface area (Å²) in [5, 5.41) is 0. The Morgan fingerprint density at radius 1 is 1.20 bits per heavy atom. The van der Waals surface area contributed by atoms with Crippen LogP contribution in [0.5, 0.6) is 5.75 Å². The van der Waals surface area contributed by atoms with E-state index in [1.807, 2.05) is 0 Å². The molecule has 1 fully saturated rings. The summed E-state index contributed by atoms with van der Waals surface area (Å²) in [4.78, 5) is 0. The second-order valence-electron chi connectivity index (χ2n) is 4.06. The highest BCUT2D eigenvalue weighted by Gasteiger charge is 2.23. The van der Waals surface area contributed by atoms with E-state index in [0.29, 0.717) is 6.10 Å². The molecule has 1 aliphatic carbocycles. The lowest BCUT2D eigenvalue weighted by atomic mass is 10.1. The van der Waals surface area contributed by atoms with Gasteiger partial charge >= 0.3 is 0 Å². The lowest BCUT2D eigenvalue weighted by Crippen LogP contribution is -1.96. The van der Waals surface area contributed by atoms with Crippen molar-refractivity contribution in [3.8, 4) is 5.75 Å². The molecule has 2 heteroatoms. The number of methoxy groups -OCH3 is 1. The average molecular weight is 206 g/mol. The van der Waals surface area contributed by atoms with Crippen LogP contribution < -0.4 is 4.74 Å². The molecule has 0 bridgehead atoms. The predicted octanol–water partition coefficient (Wildman–Crippen LogP) is 2.81. The predicted molar refractivity (Wildman–Crippen MR) is 60.3 cm³/mol. The fourth-order valence-corrected chi connectivity index (χ4v) is 1.53. The third-order valence-corrected chi connectivity index (χ3v) is 2.56. The Balaban J connectivity index is 1.80. The lowest BCUT2D eigenvalue weighted by Gasteiger charge is -2.05. The van der Waals surface area contributed by atoms with Crippen molar-refractivity contribution in [1.29, 1.82) is 0 Å². The molecule has 2 nitrogen and oxygen atoms in total. The summed E-state index contributed by atoms with van der Waals surface area (Å²) in [5.74, 6) is 1.01. The maximum absolute atomic E-state index is 5.68. The summed E-state index contributed by atoms with van der Waals surface area (Å²) >= 11 is 0. The van der Waals surface area contributed by atoms with Gasteiger partial charge in [-0.05, 0) is 43.4 Å². The largest absolute Gasteiger partial charge is 0.490 e. The molecular weight excluding hydrogens is 188 g/mol. The monoisotopic (exact) mass is 206 g/mol. The van der Waals surface area contributed by atoms with Crippen LogP contribution in [0.15, 0.2) is 24.3 Å². The number of aryl methyl sites for hydroxylation is 1. The van der Waals surface area contributed by atoms with Gasteiger partial charge in [-0.15, -0.1) is 0 Å². The van der Waals surface area contributed by atoms with E-state index in [2.05, 4.69) is 24.3 Å². The fraction of sp³-hybridized carbons (Fsp3) is 0.538. The number of ether oxygens (including phenoxy) is 2. The van der Waals surface area contributed by atoms with Gasteiger partial charge in [0, 0.05) is 13.7 Å². The third kappa shape index (κ3) is 3.56. The van der Waals surface area contributed by atoms with Crippen LogP contribution >= 0.6 is 0 Å². The highest BCUT2D eigenvalue weighted by molar-refractivity contribution is 5.27. The van der Waals surface area contributed by atoms with Crippen LogP contribution in [-0.2, 0) is 11.2 Å². The molecule has 15 heavy (non-hydrogen) atoms. The number of benzene rings is 1. The van der Waals surface area contributed by atoms with E-state index in [1.165, 1.54) is 18.4 Å². The first kappa shape index (κ1) is 10.5. The average Bonchev–Trinajstić information content (AvgIpc) is 3.05. The molecule has 0 atom stereocenters. The van der Waals surface area contributed by atoms with Crippen LogP contribution in [-0.4, -0.2) is 19.8 Å².